The fourth-order valence-electron chi connectivity index (χ4n) is 2.06. The van der Waals surface area contributed by atoms with Crippen LogP contribution in [0.4, 0.5) is 4.79 Å². The van der Waals surface area contributed by atoms with Crippen LogP contribution in [0, 0.1) is 0 Å². The van der Waals surface area contributed by atoms with E-state index < -0.39 is 5.60 Å². The third-order valence-electron chi connectivity index (χ3n) is 3.09. The number of rotatable bonds is 2. The normalized spacial score (nSPS) is 15.7. The van der Waals surface area contributed by atoms with Crippen LogP contribution in [0.25, 0.3) is 11.2 Å². The van der Waals surface area contributed by atoms with Crippen LogP contribution in [0.3, 0.4) is 0 Å². The number of ether oxygens (including phenoxy) is 1. The van der Waals surface area contributed by atoms with Gasteiger partial charge in [-0.3, -0.25) is 4.98 Å². The average Bonchev–Trinajstić information content (AvgIpc) is 2.40. The Morgan fingerprint density at radius 3 is 2.73 bits per heavy atom. The van der Waals surface area contributed by atoms with Crippen LogP contribution in [-0.4, -0.2) is 49.9 Å². The van der Waals surface area contributed by atoms with E-state index in [1.807, 2.05) is 32.9 Å². The van der Waals surface area contributed by atoms with Gasteiger partial charge in [0.2, 0.25) is 0 Å². The maximum Gasteiger partial charge on any atom is 0.410 e. The fraction of sp³-hybridized carbons (Fsp3) is 0.467. The first-order valence-electron chi connectivity index (χ1n) is 7.13. The Balaban J connectivity index is 1.56. The van der Waals surface area contributed by atoms with E-state index in [1.54, 1.807) is 29.1 Å². The molecule has 1 aliphatic rings. The van der Waals surface area contributed by atoms with Crippen molar-refractivity contribution in [2.45, 2.75) is 36.6 Å². The lowest BCUT2D eigenvalue weighted by molar-refractivity contribution is 0.0144. The first kappa shape index (κ1) is 15.0. The maximum atomic E-state index is 11.9. The molecular formula is C15H18N4O2S. The average molecular weight is 318 g/mol. The number of likely N-dealkylation sites (tertiary alicyclic amines) is 1. The molecule has 0 aliphatic carbocycles. The Morgan fingerprint density at radius 1 is 1.27 bits per heavy atom. The monoisotopic (exact) mass is 318 g/mol. The van der Waals surface area contributed by atoms with Gasteiger partial charge in [-0.25, -0.2) is 14.8 Å². The summed E-state index contributed by atoms with van der Waals surface area (Å²) in [6, 6.07) is 3.86. The molecule has 3 rings (SSSR count). The quantitative estimate of drug-likeness (QED) is 0.848. The number of carbonyl (C=O) groups is 1. The molecule has 116 valence electrons. The minimum atomic E-state index is -0.451. The number of hydrogen-bond acceptors (Lipinski definition) is 6. The predicted molar refractivity (Wildman–Crippen MR) is 84.8 cm³/mol. The molecule has 0 atom stereocenters. The molecule has 0 radical (unpaired) electrons. The zero-order valence-electron chi connectivity index (χ0n) is 12.8. The van der Waals surface area contributed by atoms with Crippen molar-refractivity contribution in [3.05, 3.63) is 24.5 Å². The topological polar surface area (TPSA) is 68.2 Å². The van der Waals surface area contributed by atoms with E-state index in [-0.39, 0.29) is 6.09 Å². The van der Waals surface area contributed by atoms with Crippen LogP contribution in [0.1, 0.15) is 20.8 Å². The van der Waals surface area contributed by atoms with Crippen LogP contribution >= 0.6 is 11.8 Å². The summed E-state index contributed by atoms with van der Waals surface area (Å²) < 4.78 is 5.34. The van der Waals surface area contributed by atoms with Gasteiger partial charge < -0.3 is 9.64 Å². The fourth-order valence-corrected chi connectivity index (χ4v) is 3.20. The number of pyridine rings is 1. The predicted octanol–water partition coefficient (Wildman–Crippen LogP) is 2.74. The smallest absolute Gasteiger partial charge is 0.410 e. The summed E-state index contributed by atoms with van der Waals surface area (Å²) in [4.78, 5) is 26.5. The molecule has 0 aromatic carbocycles. The zero-order chi connectivity index (χ0) is 15.7. The lowest BCUT2D eigenvalue weighted by Crippen LogP contribution is -2.53. The first-order valence-corrected chi connectivity index (χ1v) is 8.01. The van der Waals surface area contributed by atoms with Gasteiger partial charge in [0.15, 0.2) is 5.65 Å². The van der Waals surface area contributed by atoms with Gasteiger partial charge in [0.1, 0.15) is 11.1 Å². The highest BCUT2D eigenvalue weighted by molar-refractivity contribution is 8.00. The molecule has 0 unspecified atom stereocenters. The second kappa shape index (κ2) is 5.72. The Morgan fingerprint density at radius 2 is 2.00 bits per heavy atom. The number of aromatic nitrogens is 3. The van der Waals surface area contributed by atoms with Crippen molar-refractivity contribution < 1.29 is 9.53 Å². The van der Waals surface area contributed by atoms with Crippen molar-refractivity contribution in [3.8, 4) is 0 Å². The summed E-state index contributed by atoms with van der Waals surface area (Å²) in [5.41, 5.74) is 0.986. The Hall–Kier alpha value is -1.89. The van der Waals surface area contributed by atoms with E-state index in [4.69, 9.17) is 4.74 Å². The summed E-state index contributed by atoms with van der Waals surface area (Å²) in [6.45, 7) is 6.98. The van der Waals surface area contributed by atoms with E-state index >= 15 is 0 Å². The largest absolute Gasteiger partial charge is 0.444 e. The molecule has 2 aromatic heterocycles. The lowest BCUT2D eigenvalue weighted by Gasteiger charge is -2.39. The molecule has 0 N–H and O–H groups in total. The minimum absolute atomic E-state index is 0.248. The van der Waals surface area contributed by atoms with Gasteiger partial charge >= 0.3 is 6.09 Å². The highest BCUT2D eigenvalue weighted by atomic mass is 32.2. The van der Waals surface area contributed by atoms with Crippen molar-refractivity contribution in [2.24, 2.45) is 0 Å². The molecule has 6 nitrogen and oxygen atoms in total. The second-order valence-corrected chi connectivity index (χ2v) is 7.49. The summed E-state index contributed by atoms with van der Waals surface area (Å²) >= 11 is 1.66. The van der Waals surface area contributed by atoms with E-state index in [2.05, 4.69) is 15.0 Å². The molecule has 1 saturated heterocycles. The van der Waals surface area contributed by atoms with Crippen molar-refractivity contribution in [3.63, 3.8) is 0 Å². The first-order chi connectivity index (χ1) is 10.4. The van der Waals surface area contributed by atoms with Gasteiger partial charge in [-0.05, 0) is 32.9 Å². The van der Waals surface area contributed by atoms with Crippen LogP contribution in [0.2, 0.25) is 0 Å². The summed E-state index contributed by atoms with van der Waals surface area (Å²) in [7, 11) is 0. The van der Waals surface area contributed by atoms with E-state index in [1.165, 1.54) is 0 Å². The second-order valence-electron chi connectivity index (χ2n) is 6.17. The van der Waals surface area contributed by atoms with E-state index in [0.29, 0.717) is 24.0 Å². The van der Waals surface area contributed by atoms with E-state index in [0.717, 1.165) is 10.5 Å². The van der Waals surface area contributed by atoms with Crippen LogP contribution < -0.4 is 0 Å². The number of nitrogens with zero attached hydrogens (tertiary/aromatic N) is 4. The molecule has 7 heteroatoms. The van der Waals surface area contributed by atoms with Crippen molar-refractivity contribution in [1.82, 2.24) is 19.9 Å². The molecule has 22 heavy (non-hydrogen) atoms. The number of carbonyl (C=O) groups excluding carboxylic acids is 1. The van der Waals surface area contributed by atoms with Crippen LogP contribution in [0.5, 0.6) is 0 Å². The molecular weight excluding hydrogens is 300 g/mol. The Labute approximate surface area is 133 Å². The molecule has 3 heterocycles. The lowest BCUT2D eigenvalue weighted by atomic mass is 10.2. The third-order valence-corrected chi connectivity index (χ3v) is 4.19. The molecule has 1 amide bonds. The standard InChI is InChI=1S/C15H18N4O2S/c1-15(2,3)21-14(20)19-8-10(9-19)22-12-5-4-11-13(18-12)17-7-6-16-11/h4-7,10H,8-9H2,1-3H3. The van der Waals surface area contributed by atoms with Gasteiger partial charge in [0, 0.05) is 30.7 Å². The van der Waals surface area contributed by atoms with E-state index in [9.17, 15) is 4.79 Å². The van der Waals surface area contributed by atoms with Crippen molar-refractivity contribution in [2.75, 3.05) is 13.1 Å². The van der Waals surface area contributed by atoms with Gasteiger partial charge in [-0.2, -0.15) is 0 Å². The zero-order valence-corrected chi connectivity index (χ0v) is 13.6. The van der Waals surface area contributed by atoms with Gasteiger partial charge in [-0.1, -0.05) is 11.8 Å². The van der Waals surface area contributed by atoms with Gasteiger partial charge in [0.25, 0.3) is 0 Å². The van der Waals surface area contributed by atoms with Gasteiger partial charge in [-0.15, -0.1) is 0 Å². The maximum absolute atomic E-state index is 11.9. The number of fused-ring (bicyclic) bond motifs is 1. The summed E-state index contributed by atoms with van der Waals surface area (Å²) in [5, 5.41) is 1.25. The molecule has 2 aromatic rings. The number of hydrogen-bond donors (Lipinski definition) is 0. The molecule has 0 bridgehead atoms. The van der Waals surface area contributed by atoms with Crippen molar-refractivity contribution in [1.29, 1.82) is 0 Å². The minimum Gasteiger partial charge on any atom is -0.444 e. The summed E-state index contributed by atoms with van der Waals surface area (Å²) in [5.74, 6) is 0. The molecule has 0 spiro atoms. The summed E-state index contributed by atoms with van der Waals surface area (Å²) in [6.07, 6.45) is 3.04. The van der Waals surface area contributed by atoms with Crippen LogP contribution in [-0.2, 0) is 4.74 Å². The van der Waals surface area contributed by atoms with Crippen molar-refractivity contribution >= 4 is 29.0 Å². The molecule has 1 fully saturated rings. The van der Waals surface area contributed by atoms with Crippen LogP contribution in [0.15, 0.2) is 29.6 Å². The number of amides is 1. The molecule has 1 aliphatic heterocycles. The highest BCUT2D eigenvalue weighted by Gasteiger charge is 2.34. The number of thioether (sulfide) groups is 1. The SMILES string of the molecule is CC(C)(C)OC(=O)N1CC(Sc2ccc3nccnc3n2)C1. The highest BCUT2D eigenvalue weighted by Crippen LogP contribution is 2.30. The third kappa shape index (κ3) is 3.47. The van der Waals surface area contributed by atoms with Gasteiger partial charge in [0.05, 0.1) is 5.03 Å². The Bertz CT molecular complexity index is 695. The molecule has 0 saturated carbocycles. The Kier molecular flexibility index (Phi) is 3.90.